The van der Waals surface area contributed by atoms with Crippen LogP contribution < -0.4 is 14.2 Å². The van der Waals surface area contributed by atoms with Gasteiger partial charge in [-0.2, -0.15) is 0 Å². The molecule has 5 heteroatoms. The Morgan fingerprint density at radius 3 is 2.21 bits per heavy atom. The number of aliphatic carboxylic acids is 1. The van der Waals surface area contributed by atoms with Gasteiger partial charge in [0.1, 0.15) is 5.75 Å². The predicted octanol–water partition coefficient (Wildman–Crippen LogP) is 2.22. The summed E-state index contributed by atoms with van der Waals surface area (Å²) < 4.78 is 15.8. The first-order valence-electron chi connectivity index (χ1n) is 6.13. The van der Waals surface area contributed by atoms with Crippen LogP contribution >= 0.6 is 0 Å². The molecule has 1 aromatic rings. The van der Waals surface area contributed by atoms with Crippen LogP contribution in [0.5, 0.6) is 17.2 Å². The van der Waals surface area contributed by atoms with E-state index in [2.05, 4.69) is 0 Å². The number of methoxy groups -OCH3 is 3. The van der Waals surface area contributed by atoms with Gasteiger partial charge in [0, 0.05) is 11.6 Å². The number of carboxylic acids is 1. The molecule has 1 aliphatic carbocycles. The van der Waals surface area contributed by atoms with Gasteiger partial charge in [-0.05, 0) is 18.9 Å². The second-order valence-electron chi connectivity index (χ2n) is 4.65. The molecular weight excluding hydrogens is 248 g/mol. The average molecular weight is 266 g/mol. The molecule has 19 heavy (non-hydrogen) atoms. The molecule has 104 valence electrons. The maximum Gasteiger partial charge on any atom is 0.314 e. The first-order valence-corrected chi connectivity index (χ1v) is 6.13. The molecule has 1 aromatic carbocycles. The van der Waals surface area contributed by atoms with Gasteiger partial charge in [-0.25, -0.2) is 0 Å². The minimum atomic E-state index is -0.882. The van der Waals surface area contributed by atoms with E-state index in [4.69, 9.17) is 14.2 Å². The molecule has 0 aliphatic heterocycles. The number of rotatable bonds is 5. The molecule has 0 unspecified atom stereocenters. The van der Waals surface area contributed by atoms with E-state index in [0.29, 0.717) is 35.7 Å². The Labute approximate surface area is 112 Å². The minimum Gasteiger partial charge on any atom is -0.497 e. The predicted molar refractivity (Wildman–Crippen MR) is 69.3 cm³/mol. The Morgan fingerprint density at radius 2 is 1.84 bits per heavy atom. The van der Waals surface area contributed by atoms with Crippen molar-refractivity contribution in [3.05, 3.63) is 17.7 Å². The van der Waals surface area contributed by atoms with Crippen molar-refractivity contribution in [3.8, 4) is 17.2 Å². The molecule has 0 spiro atoms. The fourth-order valence-electron chi connectivity index (χ4n) is 2.54. The topological polar surface area (TPSA) is 65.0 Å². The van der Waals surface area contributed by atoms with Gasteiger partial charge in [0.2, 0.25) is 0 Å². The third-order valence-corrected chi connectivity index (χ3v) is 3.82. The summed E-state index contributed by atoms with van der Waals surface area (Å²) in [6, 6.07) is 3.42. The van der Waals surface area contributed by atoms with Crippen LogP contribution in [0, 0.1) is 0 Å². The van der Waals surface area contributed by atoms with Crippen molar-refractivity contribution >= 4 is 5.97 Å². The van der Waals surface area contributed by atoms with Crippen LogP contribution in [0.25, 0.3) is 0 Å². The highest BCUT2D eigenvalue weighted by molar-refractivity contribution is 5.84. The van der Waals surface area contributed by atoms with Gasteiger partial charge in [0.05, 0.1) is 26.7 Å². The van der Waals surface area contributed by atoms with Crippen LogP contribution in [-0.4, -0.2) is 32.4 Å². The third-order valence-electron chi connectivity index (χ3n) is 3.82. The zero-order valence-corrected chi connectivity index (χ0v) is 11.4. The van der Waals surface area contributed by atoms with E-state index in [9.17, 15) is 9.90 Å². The number of carboxylic acid groups (broad SMARTS) is 1. The van der Waals surface area contributed by atoms with Crippen molar-refractivity contribution in [2.75, 3.05) is 21.3 Å². The zero-order valence-electron chi connectivity index (χ0n) is 11.4. The second-order valence-corrected chi connectivity index (χ2v) is 4.65. The van der Waals surface area contributed by atoms with Gasteiger partial charge >= 0.3 is 5.97 Å². The Morgan fingerprint density at radius 1 is 1.16 bits per heavy atom. The van der Waals surface area contributed by atoms with E-state index in [-0.39, 0.29) is 0 Å². The van der Waals surface area contributed by atoms with Gasteiger partial charge < -0.3 is 19.3 Å². The van der Waals surface area contributed by atoms with Crippen LogP contribution in [0.3, 0.4) is 0 Å². The molecular formula is C14H18O5. The van der Waals surface area contributed by atoms with Crippen molar-refractivity contribution in [1.29, 1.82) is 0 Å². The molecule has 1 fully saturated rings. The monoisotopic (exact) mass is 266 g/mol. The van der Waals surface area contributed by atoms with Crippen LogP contribution in [0.2, 0.25) is 0 Å². The molecule has 0 amide bonds. The number of benzene rings is 1. The van der Waals surface area contributed by atoms with Crippen molar-refractivity contribution in [2.24, 2.45) is 0 Å². The Hall–Kier alpha value is -1.91. The molecule has 1 aliphatic rings. The third kappa shape index (κ3) is 1.99. The summed E-state index contributed by atoms with van der Waals surface area (Å²) in [5.74, 6) is 0.710. The molecule has 0 atom stereocenters. The smallest absolute Gasteiger partial charge is 0.314 e. The van der Waals surface area contributed by atoms with Crippen molar-refractivity contribution < 1.29 is 24.1 Å². The highest BCUT2D eigenvalue weighted by atomic mass is 16.5. The standard InChI is InChI=1S/C14H18O5/c1-17-9-7-10(12(19-3)11(8-9)18-2)14(13(15)16)5-4-6-14/h7-8H,4-6H2,1-3H3,(H,15,16). The van der Waals surface area contributed by atoms with Crippen molar-refractivity contribution in [2.45, 2.75) is 24.7 Å². The van der Waals surface area contributed by atoms with E-state index in [1.54, 1.807) is 19.2 Å². The molecule has 0 heterocycles. The first kappa shape index (κ1) is 13.5. The molecule has 1 N–H and O–H groups in total. The van der Waals surface area contributed by atoms with Gasteiger partial charge in [-0.15, -0.1) is 0 Å². The van der Waals surface area contributed by atoms with Gasteiger partial charge in [-0.1, -0.05) is 6.42 Å². The fourth-order valence-corrected chi connectivity index (χ4v) is 2.54. The summed E-state index contributed by atoms with van der Waals surface area (Å²) in [6.45, 7) is 0. The summed E-state index contributed by atoms with van der Waals surface area (Å²) in [5, 5.41) is 9.55. The van der Waals surface area contributed by atoms with Gasteiger partial charge in [0.15, 0.2) is 11.5 Å². The Kier molecular flexibility index (Phi) is 3.55. The maximum atomic E-state index is 11.6. The normalized spacial score (nSPS) is 16.4. The van der Waals surface area contributed by atoms with Crippen LogP contribution in [0.4, 0.5) is 0 Å². The largest absolute Gasteiger partial charge is 0.497 e. The molecule has 1 saturated carbocycles. The Balaban J connectivity index is 2.63. The highest BCUT2D eigenvalue weighted by Crippen LogP contribution is 2.51. The lowest BCUT2D eigenvalue weighted by atomic mass is 9.64. The van der Waals surface area contributed by atoms with E-state index in [1.807, 2.05) is 0 Å². The number of carbonyl (C=O) groups is 1. The average Bonchev–Trinajstić information content (AvgIpc) is 2.35. The zero-order chi connectivity index (χ0) is 14.0. The van der Waals surface area contributed by atoms with Gasteiger partial charge in [0.25, 0.3) is 0 Å². The van der Waals surface area contributed by atoms with E-state index in [0.717, 1.165) is 6.42 Å². The molecule has 2 rings (SSSR count). The van der Waals surface area contributed by atoms with Crippen molar-refractivity contribution in [1.82, 2.24) is 0 Å². The van der Waals surface area contributed by atoms with Crippen LogP contribution in [-0.2, 0) is 10.2 Å². The van der Waals surface area contributed by atoms with Crippen LogP contribution in [0.15, 0.2) is 12.1 Å². The van der Waals surface area contributed by atoms with Gasteiger partial charge in [-0.3, -0.25) is 4.79 Å². The van der Waals surface area contributed by atoms with E-state index in [1.165, 1.54) is 14.2 Å². The van der Waals surface area contributed by atoms with Crippen molar-refractivity contribution in [3.63, 3.8) is 0 Å². The lowest BCUT2D eigenvalue weighted by Crippen LogP contribution is -2.42. The molecule has 0 radical (unpaired) electrons. The lowest BCUT2D eigenvalue weighted by Gasteiger charge is -2.39. The highest BCUT2D eigenvalue weighted by Gasteiger charge is 2.48. The number of ether oxygens (including phenoxy) is 3. The summed E-state index contributed by atoms with van der Waals surface area (Å²) in [5.41, 5.74) is -0.252. The summed E-state index contributed by atoms with van der Waals surface area (Å²) in [7, 11) is 4.58. The molecule has 0 bridgehead atoms. The number of hydrogen-bond donors (Lipinski definition) is 1. The molecule has 0 aromatic heterocycles. The lowest BCUT2D eigenvalue weighted by molar-refractivity contribution is -0.147. The summed E-state index contributed by atoms with van der Waals surface area (Å²) in [4.78, 5) is 11.6. The first-order chi connectivity index (χ1) is 9.08. The SMILES string of the molecule is COc1cc(OC)c(OC)c(C2(C(=O)O)CCC2)c1. The summed E-state index contributed by atoms with van der Waals surface area (Å²) >= 11 is 0. The maximum absolute atomic E-state index is 11.6. The quantitative estimate of drug-likeness (QED) is 0.885. The second kappa shape index (κ2) is 4.99. The number of hydrogen-bond acceptors (Lipinski definition) is 4. The van der Waals surface area contributed by atoms with E-state index < -0.39 is 11.4 Å². The minimum absolute atomic E-state index is 0.477. The fraction of sp³-hybridized carbons (Fsp3) is 0.500. The van der Waals surface area contributed by atoms with Crippen LogP contribution in [0.1, 0.15) is 24.8 Å². The van der Waals surface area contributed by atoms with E-state index >= 15 is 0 Å². The Bertz CT molecular complexity index is 491. The molecule has 0 saturated heterocycles. The molecule has 5 nitrogen and oxygen atoms in total. The summed E-state index contributed by atoms with van der Waals surface area (Å²) in [6.07, 6.45) is 2.11.